The van der Waals surface area contributed by atoms with Gasteiger partial charge in [-0.05, 0) is 19.1 Å². The number of nitrogens with zero attached hydrogens (tertiary/aromatic N) is 1. The molecule has 0 aliphatic carbocycles. The molecular formula is C12H13ClF3N3O. The number of nitrogens with two attached hydrogens (primary N) is 1. The third-order valence-electron chi connectivity index (χ3n) is 3.09. The lowest BCUT2D eigenvalue weighted by Crippen LogP contribution is -2.34. The highest BCUT2D eigenvalue weighted by molar-refractivity contribution is 6.33. The fraction of sp³-hybridized carbons (Fsp3) is 0.417. The monoisotopic (exact) mass is 307 g/mol. The van der Waals surface area contributed by atoms with E-state index in [1.807, 2.05) is 0 Å². The van der Waals surface area contributed by atoms with Gasteiger partial charge >= 0.3 is 6.18 Å². The highest BCUT2D eigenvalue weighted by Gasteiger charge is 2.33. The van der Waals surface area contributed by atoms with E-state index in [4.69, 9.17) is 17.3 Å². The van der Waals surface area contributed by atoms with E-state index in [-0.39, 0.29) is 17.3 Å². The first kappa shape index (κ1) is 14.9. The van der Waals surface area contributed by atoms with Crippen molar-refractivity contribution in [2.75, 3.05) is 23.3 Å². The Hall–Kier alpha value is -1.47. The summed E-state index contributed by atoms with van der Waals surface area (Å²) in [6, 6.07) is 2.03. The fourth-order valence-electron chi connectivity index (χ4n) is 2.12. The van der Waals surface area contributed by atoms with Crippen molar-refractivity contribution < 1.29 is 18.0 Å². The van der Waals surface area contributed by atoms with Gasteiger partial charge < -0.3 is 16.0 Å². The van der Waals surface area contributed by atoms with Crippen LogP contribution in [0.3, 0.4) is 0 Å². The Kier molecular flexibility index (Phi) is 3.84. The van der Waals surface area contributed by atoms with E-state index in [0.717, 1.165) is 4.90 Å². The second-order valence-corrected chi connectivity index (χ2v) is 4.89. The summed E-state index contributed by atoms with van der Waals surface area (Å²) >= 11 is 6.02. The van der Waals surface area contributed by atoms with Crippen molar-refractivity contribution in [1.29, 1.82) is 0 Å². The third-order valence-corrected chi connectivity index (χ3v) is 3.39. The Morgan fingerprint density at radius 2 is 2.10 bits per heavy atom. The average Bonchev–Trinajstić information content (AvgIpc) is 2.61. The first-order chi connectivity index (χ1) is 9.23. The number of alkyl halides is 3. The number of amides is 1. The minimum absolute atomic E-state index is 0.137. The van der Waals surface area contributed by atoms with Gasteiger partial charge in [-0.2, -0.15) is 13.2 Å². The third kappa shape index (κ3) is 2.83. The van der Waals surface area contributed by atoms with Gasteiger partial charge in [0.15, 0.2) is 0 Å². The number of nitrogens with one attached hydrogen (secondary N) is 1. The number of hydrogen-bond acceptors (Lipinski definition) is 3. The van der Waals surface area contributed by atoms with Crippen molar-refractivity contribution in [2.45, 2.75) is 19.1 Å². The highest BCUT2D eigenvalue weighted by Crippen LogP contribution is 2.38. The Morgan fingerprint density at radius 3 is 2.65 bits per heavy atom. The van der Waals surface area contributed by atoms with Crippen molar-refractivity contribution in [1.82, 2.24) is 0 Å². The van der Waals surface area contributed by atoms with E-state index >= 15 is 0 Å². The van der Waals surface area contributed by atoms with Crippen LogP contribution >= 0.6 is 11.6 Å². The van der Waals surface area contributed by atoms with Gasteiger partial charge in [0, 0.05) is 17.8 Å². The molecule has 2 rings (SSSR count). The maximum absolute atomic E-state index is 12.5. The largest absolute Gasteiger partial charge is 0.405 e. The Balaban J connectivity index is 2.38. The fourth-order valence-corrected chi connectivity index (χ4v) is 2.41. The standard InChI is InChI=1S/C12H13ClF3N3O/c1-2-19(5-12(14,15)16)9-4-8-6(3-7(9)13)10(17)11(20)18-8/h3-4,10H,2,5,17H2,1H3,(H,18,20). The SMILES string of the molecule is CCN(CC(F)(F)F)c1cc2c(cc1Cl)C(N)C(=O)N2. The Labute approximate surface area is 118 Å². The molecule has 0 fully saturated rings. The molecule has 3 N–H and O–H groups in total. The molecule has 1 aliphatic rings. The predicted molar refractivity (Wildman–Crippen MR) is 71.0 cm³/mol. The van der Waals surface area contributed by atoms with Gasteiger partial charge in [0.25, 0.3) is 0 Å². The summed E-state index contributed by atoms with van der Waals surface area (Å²) in [6.07, 6.45) is -4.34. The van der Waals surface area contributed by atoms with Crippen LogP contribution in [0.15, 0.2) is 12.1 Å². The van der Waals surface area contributed by atoms with Crippen LogP contribution in [-0.4, -0.2) is 25.2 Å². The number of fused-ring (bicyclic) bond motifs is 1. The van der Waals surface area contributed by atoms with Gasteiger partial charge in [-0.1, -0.05) is 11.6 Å². The molecule has 1 unspecified atom stereocenters. The van der Waals surface area contributed by atoms with Gasteiger partial charge in [0.05, 0.1) is 10.7 Å². The maximum atomic E-state index is 12.5. The van der Waals surface area contributed by atoms with Crippen LogP contribution in [0, 0.1) is 0 Å². The van der Waals surface area contributed by atoms with Crippen molar-refractivity contribution >= 4 is 28.9 Å². The van der Waals surface area contributed by atoms with E-state index in [9.17, 15) is 18.0 Å². The summed E-state index contributed by atoms with van der Waals surface area (Å²) in [7, 11) is 0. The van der Waals surface area contributed by atoms with Gasteiger partial charge in [0.2, 0.25) is 5.91 Å². The highest BCUT2D eigenvalue weighted by atomic mass is 35.5. The Bertz CT molecular complexity index is 547. The summed E-state index contributed by atoms with van der Waals surface area (Å²) in [5.74, 6) is -0.396. The zero-order valence-corrected chi connectivity index (χ0v) is 11.3. The molecule has 0 aromatic heterocycles. The van der Waals surface area contributed by atoms with Crippen LogP contribution in [0.5, 0.6) is 0 Å². The van der Waals surface area contributed by atoms with Crippen molar-refractivity contribution in [2.24, 2.45) is 5.73 Å². The number of carbonyl (C=O) groups excluding carboxylic acids is 1. The molecule has 1 aliphatic heterocycles. The van der Waals surface area contributed by atoms with E-state index in [1.54, 1.807) is 6.92 Å². The van der Waals surface area contributed by atoms with Gasteiger partial charge in [-0.15, -0.1) is 0 Å². The smallest absolute Gasteiger partial charge is 0.362 e. The second kappa shape index (κ2) is 5.14. The lowest BCUT2D eigenvalue weighted by molar-refractivity contribution is -0.119. The number of anilines is 2. The van der Waals surface area contributed by atoms with Crippen LogP contribution < -0.4 is 16.0 Å². The van der Waals surface area contributed by atoms with Crippen LogP contribution in [0.2, 0.25) is 5.02 Å². The summed E-state index contributed by atoms with van der Waals surface area (Å²) in [5.41, 5.74) is 6.77. The van der Waals surface area contributed by atoms with Crippen LogP contribution in [0.1, 0.15) is 18.5 Å². The van der Waals surface area contributed by atoms with E-state index < -0.39 is 24.7 Å². The van der Waals surface area contributed by atoms with Crippen molar-refractivity contribution in [3.05, 3.63) is 22.7 Å². The number of rotatable bonds is 3. The molecule has 4 nitrogen and oxygen atoms in total. The molecule has 8 heteroatoms. The lowest BCUT2D eigenvalue weighted by Gasteiger charge is -2.26. The molecule has 1 atom stereocenters. The first-order valence-corrected chi connectivity index (χ1v) is 6.32. The predicted octanol–water partition coefficient (Wildman–Crippen LogP) is 2.68. The number of benzene rings is 1. The number of hydrogen-bond donors (Lipinski definition) is 2. The molecule has 110 valence electrons. The summed E-state index contributed by atoms with van der Waals surface area (Å²) in [6.45, 7) is 0.625. The maximum Gasteiger partial charge on any atom is 0.405 e. The summed E-state index contributed by atoms with van der Waals surface area (Å²) in [4.78, 5) is 12.5. The average molecular weight is 308 g/mol. The molecule has 0 bridgehead atoms. The lowest BCUT2D eigenvalue weighted by atomic mass is 10.1. The van der Waals surface area contributed by atoms with Gasteiger partial charge in [-0.3, -0.25) is 4.79 Å². The number of halogens is 4. The topological polar surface area (TPSA) is 58.4 Å². The molecule has 0 saturated carbocycles. The van der Waals surface area contributed by atoms with Gasteiger partial charge in [-0.25, -0.2) is 0 Å². The molecule has 1 heterocycles. The van der Waals surface area contributed by atoms with Crippen LogP contribution in [0.25, 0.3) is 0 Å². The quantitative estimate of drug-likeness (QED) is 0.902. The molecule has 0 saturated heterocycles. The summed E-state index contributed by atoms with van der Waals surface area (Å²) < 4.78 is 37.6. The first-order valence-electron chi connectivity index (χ1n) is 5.94. The minimum Gasteiger partial charge on any atom is -0.362 e. The molecule has 0 radical (unpaired) electrons. The van der Waals surface area contributed by atoms with Crippen molar-refractivity contribution in [3.8, 4) is 0 Å². The zero-order valence-electron chi connectivity index (χ0n) is 10.6. The molecule has 20 heavy (non-hydrogen) atoms. The van der Waals surface area contributed by atoms with E-state index in [0.29, 0.717) is 11.3 Å². The normalized spacial score (nSPS) is 17.9. The molecular weight excluding hydrogens is 295 g/mol. The van der Waals surface area contributed by atoms with Crippen LogP contribution in [-0.2, 0) is 4.79 Å². The molecule has 1 aromatic carbocycles. The Morgan fingerprint density at radius 1 is 1.45 bits per heavy atom. The van der Waals surface area contributed by atoms with E-state index in [1.165, 1.54) is 12.1 Å². The van der Waals surface area contributed by atoms with Crippen molar-refractivity contribution in [3.63, 3.8) is 0 Å². The summed E-state index contributed by atoms with van der Waals surface area (Å²) in [5, 5.41) is 2.67. The number of carbonyl (C=O) groups is 1. The molecule has 0 spiro atoms. The van der Waals surface area contributed by atoms with Crippen LogP contribution in [0.4, 0.5) is 24.5 Å². The molecule has 1 aromatic rings. The van der Waals surface area contributed by atoms with Gasteiger partial charge in [0.1, 0.15) is 12.6 Å². The van der Waals surface area contributed by atoms with E-state index in [2.05, 4.69) is 5.32 Å². The minimum atomic E-state index is -4.34. The molecule has 1 amide bonds. The zero-order chi connectivity index (χ0) is 15.1. The second-order valence-electron chi connectivity index (χ2n) is 4.49.